The highest BCUT2D eigenvalue weighted by molar-refractivity contribution is 5.45. The summed E-state index contributed by atoms with van der Waals surface area (Å²) in [5, 5.41) is 2.90. The zero-order valence-electron chi connectivity index (χ0n) is 5.37. The minimum absolute atomic E-state index is 0.621. The van der Waals surface area contributed by atoms with E-state index in [1.807, 2.05) is 12.1 Å². The average Bonchev–Trinajstić information content (AvgIpc) is 2.05. The molecule has 51 valence electrons. The van der Waals surface area contributed by atoms with Gasteiger partial charge in [0, 0.05) is 11.8 Å². The molecule has 0 amide bonds. The van der Waals surface area contributed by atoms with Gasteiger partial charge in [0.25, 0.3) is 0 Å². The van der Waals surface area contributed by atoms with Gasteiger partial charge in [-0.25, -0.2) is 4.98 Å². The van der Waals surface area contributed by atoms with E-state index in [0.717, 1.165) is 11.4 Å². The smallest absolute Gasteiger partial charge is 0.174 e. The van der Waals surface area contributed by atoms with Gasteiger partial charge in [-0.3, -0.25) is 0 Å². The Morgan fingerprint density at radius 3 is 3.50 bits per heavy atom. The van der Waals surface area contributed by atoms with E-state index in [2.05, 4.69) is 10.3 Å². The fourth-order valence-electron chi connectivity index (χ4n) is 0.914. The SMILES string of the molecule is [CH]1Nc2ncccc2CO1. The van der Waals surface area contributed by atoms with Crippen LogP contribution in [-0.4, -0.2) is 4.98 Å². The Kier molecular flexibility index (Phi) is 1.29. The lowest BCUT2D eigenvalue weighted by molar-refractivity contribution is 0.186. The number of hydrogen-bond donors (Lipinski definition) is 1. The molecule has 10 heavy (non-hydrogen) atoms. The molecule has 1 N–H and O–H groups in total. The molecule has 3 nitrogen and oxygen atoms in total. The van der Waals surface area contributed by atoms with Crippen molar-refractivity contribution >= 4 is 5.82 Å². The van der Waals surface area contributed by atoms with Gasteiger partial charge in [0.1, 0.15) is 5.82 Å². The van der Waals surface area contributed by atoms with Gasteiger partial charge in [-0.2, -0.15) is 0 Å². The molecule has 0 bridgehead atoms. The minimum Gasteiger partial charge on any atom is -0.349 e. The predicted octanol–water partition coefficient (Wildman–Crippen LogP) is 1.14. The van der Waals surface area contributed by atoms with Gasteiger partial charge in [0.2, 0.25) is 0 Å². The fourth-order valence-corrected chi connectivity index (χ4v) is 0.914. The molecule has 0 saturated heterocycles. The fraction of sp³-hybridized carbons (Fsp3) is 0.143. The van der Waals surface area contributed by atoms with E-state index in [1.165, 1.54) is 0 Å². The molecule has 0 aliphatic carbocycles. The highest BCUT2D eigenvalue weighted by Gasteiger charge is 2.07. The van der Waals surface area contributed by atoms with Crippen molar-refractivity contribution < 1.29 is 4.74 Å². The van der Waals surface area contributed by atoms with Crippen LogP contribution in [0.15, 0.2) is 18.3 Å². The summed E-state index contributed by atoms with van der Waals surface area (Å²) in [4.78, 5) is 4.10. The minimum atomic E-state index is 0.621. The Balaban J connectivity index is 2.41. The standard InChI is InChI=1S/C7H7N2O/c1-2-6-4-10-5-9-7(6)8-3-1/h1-3,5H,4H2,(H,8,9). The Morgan fingerprint density at radius 1 is 1.60 bits per heavy atom. The van der Waals surface area contributed by atoms with Crippen LogP contribution in [0.3, 0.4) is 0 Å². The summed E-state index contributed by atoms with van der Waals surface area (Å²) in [6.07, 6.45) is 1.75. The van der Waals surface area contributed by atoms with Crippen molar-refractivity contribution in [2.24, 2.45) is 0 Å². The van der Waals surface area contributed by atoms with Crippen LogP contribution in [0, 0.1) is 6.73 Å². The zero-order chi connectivity index (χ0) is 6.81. The maximum Gasteiger partial charge on any atom is 0.174 e. The first-order valence-electron chi connectivity index (χ1n) is 3.10. The molecule has 2 heterocycles. The lowest BCUT2D eigenvalue weighted by Gasteiger charge is -2.15. The second-order valence-corrected chi connectivity index (χ2v) is 2.08. The number of hydrogen-bond acceptors (Lipinski definition) is 3. The van der Waals surface area contributed by atoms with Gasteiger partial charge in [-0.05, 0) is 6.07 Å². The molecule has 1 aliphatic heterocycles. The van der Waals surface area contributed by atoms with Crippen molar-refractivity contribution in [3.05, 3.63) is 30.6 Å². The number of ether oxygens (including phenoxy) is 1. The summed E-state index contributed by atoms with van der Waals surface area (Å²) in [7, 11) is 0. The van der Waals surface area contributed by atoms with Gasteiger partial charge in [-0.15, -0.1) is 0 Å². The molecular weight excluding hydrogens is 128 g/mol. The summed E-state index contributed by atoms with van der Waals surface area (Å²) < 4.78 is 5.02. The summed E-state index contributed by atoms with van der Waals surface area (Å²) in [5.41, 5.74) is 1.10. The van der Waals surface area contributed by atoms with Crippen LogP contribution in [0.5, 0.6) is 0 Å². The summed E-state index contributed by atoms with van der Waals surface area (Å²) in [6.45, 7) is 2.17. The van der Waals surface area contributed by atoms with Crippen LogP contribution >= 0.6 is 0 Å². The molecule has 0 aromatic carbocycles. The lowest BCUT2D eigenvalue weighted by atomic mass is 10.2. The van der Waals surface area contributed by atoms with Crippen LogP contribution in [0.4, 0.5) is 5.82 Å². The molecule has 1 aliphatic rings. The topological polar surface area (TPSA) is 34.2 Å². The normalized spacial score (nSPS) is 15.6. The van der Waals surface area contributed by atoms with Crippen molar-refractivity contribution in [1.82, 2.24) is 4.98 Å². The first-order chi connectivity index (χ1) is 4.97. The average molecular weight is 135 g/mol. The number of fused-ring (bicyclic) bond motifs is 1. The highest BCUT2D eigenvalue weighted by atomic mass is 16.5. The molecule has 3 heteroatoms. The molecule has 1 radical (unpaired) electrons. The van der Waals surface area contributed by atoms with Gasteiger partial charge < -0.3 is 10.1 Å². The Labute approximate surface area is 59.0 Å². The number of nitrogens with zero attached hydrogens (tertiary/aromatic N) is 1. The zero-order valence-corrected chi connectivity index (χ0v) is 5.37. The molecule has 0 saturated carbocycles. The molecule has 0 fully saturated rings. The molecule has 2 rings (SSSR count). The van der Waals surface area contributed by atoms with Crippen LogP contribution < -0.4 is 5.32 Å². The van der Waals surface area contributed by atoms with Gasteiger partial charge in [-0.1, -0.05) is 6.07 Å². The van der Waals surface area contributed by atoms with E-state index in [0.29, 0.717) is 6.61 Å². The third-order valence-corrected chi connectivity index (χ3v) is 1.41. The van der Waals surface area contributed by atoms with Crippen molar-refractivity contribution in [2.75, 3.05) is 5.32 Å². The summed E-state index contributed by atoms with van der Waals surface area (Å²) in [6, 6.07) is 3.89. The monoisotopic (exact) mass is 135 g/mol. The van der Waals surface area contributed by atoms with Crippen molar-refractivity contribution in [2.45, 2.75) is 6.61 Å². The first kappa shape index (κ1) is 5.68. The molecule has 0 atom stereocenters. The first-order valence-corrected chi connectivity index (χ1v) is 3.10. The number of rotatable bonds is 0. The van der Waals surface area contributed by atoms with Crippen LogP contribution in [0.25, 0.3) is 0 Å². The van der Waals surface area contributed by atoms with Gasteiger partial charge in [0.15, 0.2) is 6.73 Å². The highest BCUT2D eigenvalue weighted by Crippen LogP contribution is 2.17. The number of anilines is 1. The molecule has 1 aromatic heterocycles. The molecule has 0 unspecified atom stereocenters. The van der Waals surface area contributed by atoms with E-state index in [4.69, 9.17) is 4.74 Å². The third-order valence-electron chi connectivity index (χ3n) is 1.41. The third kappa shape index (κ3) is 0.844. The predicted molar refractivity (Wildman–Crippen MR) is 36.9 cm³/mol. The van der Waals surface area contributed by atoms with E-state index >= 15 is 0 Å². The maximum absolute atomic E-state index is 5.02. The largest absolute Gasteiger partial charge is 0.349 e. The quantitative estimate of drug-likeness (QED) is 0.579. The number of nitrogens with one attached hydrogen (secondary N) is 1. The second-order valence-electron chi connectivity index (χ2n) is 2.08. The van der Waals surface area contributed by atoms with Crippen LogP contribution in [0.2, 0.25) is 0 Å². The van der Waals surface area contributed by atoms with Crippen molar-refractivity contribution in [3.63, 3.8) is 0 Å². The number of pyridine rings is 1. The van der Waals surface area contributed by atoms with Gasteiger partial charge >= 0.3 is 0 Å². The van der Waals surface area contributed by atoms with E-state index in [9.17, 15) is 0 Å². The Hall–Kier alpha value is -1.09. The van der Waals surface area contributed by atoms with Crippen molar-refractivity contribution in [3.8, 4) is 0 Å². The second kappa shape index (κ2) is 2.27. The Bertz CT molecular complexity index is 212. The number of aromatic nitrogens is 1. The van der Waals surface area contributed by atoms with E-state index in [1.54, 1.807) is 12.9 Å². The van der Waals surface area contributed by atoms with Crippen LogP contribution in [-0.2, 0) is 11.3 Å². The summed E-state index contributed by atoms with van der Waals surface area (Å²) >= 11 is 0. The van der Waals surface area contributed by atoms with Crippen LogP contribution in [0.1, 0.15) is 5.56 Å². The van der Waals surface area contributed by atoms with Crippen molar-refractivity contribution in [1.29, 1.82) is 0 Å². The van der Waals surface area contributed by atoms with E-state index in [-0.39, 0.29) is 0 Å². The summed E-state index contributed by atoms with van der Waals surface area (Å²) in [5.74, 6) is 0.897. The lowest BCUT2D eigenvalue weighted by Crippen LogP contribution is -2.10. The molecule has 0 spiro atoms. The molecule has 1 aromatic rings. The van der Waals surface area contributed by atoms with E-state index < -0.39 is 0 Å². The van der Waals surface area contributed by atoms with Gasteiger partial charge in [0.05, 0.1) is 6.61 Å². The molecular formula is C7H7N2O. The maximum atomic E-state index is 5.02. The Morgan fingerprint density at radius 2 is 2.60 bits per heavy atom.